The van der Waals surface area contributed by atoms with Gasteiger partial charge in [-0.3, -0.25) is 19.1 Å². The lowest BCUT2D eigenvalue weighted by molar-refractivity contribution is -0.141. The quantitative estimate of drug-likeness (QED) is 0.559. The number of alkyl carbamates (subject to hydrolysis) is 1. The smallest absolute Gasteiger partial charge is 0.408 e. The van der Waals surface area contributed by atoms with Crippen LogP contribution >= 0.6 is 0 Å². The molecule has 2 amide bonds. The Morgan fingerprint density at radius 1 is 1.23 bits per heavy atom. The number of ketones is 2. The van der Waals surface area contributed by atoms with E-state index in [0.29, 0.717) is 38.8 Å². The lowest BCUT2D eigenvalue weighted by Crippen LogP contribution is -2.44. The third-order valence-corrected chi connectivity index (χ3v) is 5.97. The van der Waals surface area contributed by atoms with Crippen molar-refractivity contribution < 1.29 is 23.9 Å². The molecule has 1 aliphatic rings. The van der Waals surface area contributed by atoms with Crippen LogP contribution in [-0.2, 0) is 38.7 Å². The third kappa shape index (κ3) is 8.35. The van der Waals surface area contributed by atoms with Gasteiger partial charge in [-0.25, -0.2) is 4.79 Å². The van der Waals surface area contributed by atoms with Crippen LogP contribution in [0.25, 0.3) is 0 Å². The second-order valence-corrected chi connectivity index (χ2v) is 9.38. The molecular formula is C26H34N4O5. The largest absolute Gasteiger partial charge is 0.445 e. The molecule has 1 aromatic carbocycles. The molecule has 9 nitrogen and oxygen atoms in total. The second-order valence-electron chi connectivity index (χ2n) is 9.38. The molecule has 0 spiro atoms. The zero-order valence-corrected chi connectivity index (χ0v) is 20.4. The number of amides is 2. The van der Waals surface area contributed by atoms with E-state index >= 15 is 0 Å². The van der Waals surface area contributed by atoms with Crippen LogP contribution < -0.4 is 10.6 Å². The average molecular weight is 483 g/mol. The van der Waals surface area contributed by atoms with Gasteiger partial charge >= 0.3 is 6.09 Å². The molecule has 188 valence electrons. The van der Waals surface area contributed by atoms with Crippen molar-refractivity contribution in [3.63, 3.8) is 0 Å². The lowest BCUT2D eigenvalue weighted by Gasteiger charge is -2.22. The minimum atomic E-state index is -0.802. The van der Waals surface area contributed by atoms with E-state index in [0.717, 1.165) is 11.1 Å². The summed E-state index contributed by atoms with van der Waals surface area (Å²) in [6.07, 6.45) is 4.83. The van der Waals surface area contributed by atoms with Crippen molar-refractivity contribution in [2.75, 3.05) is 6.54 Å². The van der Waals surface area contributed by atoms with E-state index < -0.39 is 29.7 Å². The lowest BCUT2D eigenvalue weighted by atomic mass is 9.88. The molecule has 3 rings (SSSR count). The van der Waals surface area contributed by atoms with E-state index in [-0.39, 0.29) is 24.7 Å². The third-order valence-electron chi connectivity index (χ3n) is 5.97. The summed E-state index contributed by atoms with van der Waals surface area (Å²) >= 11 is 0. The van der Waals surface area contributed by atoms with Gasteiger partial charge in [-0.1, -0.05) is 44.2 Å². The molecule has 1 aromatic heterocycles. The average Bonchev–Trinajstić information content (AvgIpc) is 3.28. The number of Topliss-reactive ketones (excluding diaryl/α,β-unsaturated/α-hetero) is 2. The molecule has 35 heavy (non-hydrogen) atoms. The summed E-state index contributed by atoms with van der Waals surface area (Å²) in [6.45, 7) is 4.90. The highest BCUT2D eigenvalue weighted by atomic mass is 16.5. The first-order valence-corrected chi connectivity index (χ1v) is 12.1. The number of nitrogens with zero attached hydrogens (tertiary/aromatic N) is 2. The van der Waals surface area contributed by atoms with Gasteiger partial charge in [0.1, 0.15) is 6.61 Å². The van der Waals surface area contributed by atoms with Crippen molar-refractivity contribution in [3.8, 4) is 0 Å². The van der Waals surface area contributed by atoms with Crippen LogP contribution in [0.15, 0.2) is 42.7 Å². The van der Waals surface area contributed by atoms with Gasteiger partial charge in [-0.05, 0) is 42.7 Å². The molecule has 2 aromatic rings. The van der Waals surface area contributed by atoms with E-state index in [1.165, 1.54) is 0 Å². The summed E-state index contributed by atoms with van der Waals surface area (Å²) in [6, 6.07) is 8.45. The minimum absolute atomic E-state index is 0.0890. The number of carbonyl (C=O) groups excluding carboxylic acids is 4. The van der Waals surface area contributed by atoms with Crippen molar-refractivity contribution in [1.82, 2.24) is 20.4 Å². The molecule has 0 radical (unpaired) electrons. The summed E-state index contributed by atoms with van der Waals surface area (Å²) in [7, 11) is 0. The number of aromatic nitrogens is 2. The summed E-state index contributed by atoms with van der Waals surface area (Å²) in [5, 5.41) is 9.63. The standard InChI is InChI=1S/C26H34N4O5/c1-18(2)13-22(29-26(34)35-17-19-7-4-3-5-8-19)23(31)14-21-9-6-12-30-16-20(15-28-30)10-11-27-25(33)24(21)32/h3-5,7-8,15-16,18,21-22H,6,9-14,17H2,1-2H3,(H,27,33)(H,29,34). The molecule has 2 unspecified atom stereocenters. The Bertz CT molecular complexity index is 1020. The van der Waals surface area contributed by atoms with Gasteiger partial charge in [-0.15, -0.1) is 0 Å². The van der Waals surface area contributed by atoms with Crippen LogP contribution in [0.2, 0.25) is 0 Å². The Hall–Kier alpha value is -3.49. The van der Waals surface area contributed by atoms with E-state index in [9.17, 15) is 19.2 Å². The van der Waals surface area contributed by atoms with Gasteiger partial charge in [0.15, 0.2) is 5.78 Å². The Morgan fingerprint density at radius 2 is 2.00 bits per heavy atom. The van der Waals surface area contributed by atoms with Gasteiger partial charge in [0.2, 0.25) is 5.78 Å². The number of aryl methyl sites for hydroxylation is 1. The highest BCUT2D eigenvalue weighted by Gasteiger charge is 2.31. The summed E-state index contributed by atoms with van der Waals surface area (Å²) in [5.74, 6) is -2.18. The number of rotatable bonds is 8. The number of fused-ring (bicyclic) bond motifs is 2. The number of nitrogens with one attached hydrogen (secondary N) is 2. The number of ether oxygens (including phenoxy) is 1. The van der Waals surface area contributed by atoms with Crippen LogP contribution in [0.1, 0.15) is 50.7 Å². The fraction of sp³-hybridized carbons (Fsp3) is 0.500. The van der Waals surface area contributed by atoms with E-state index in [2.05, 4.69) is 15.7 Å². The van der Waals surface area contributed by atoms with Crippen molar-refractivity contribution >= 4 is 23.6 Å². The predicted molar refractivity (Wildman–Crippen MR) is 129 cm³/mol. The molecule has 2 atom stereocenters. The monoisotopic (exact) mass is 482 g/mol. The van der Waals surface area contributed by atoms with Crippen molar-refractivity contribution in [3.05, 3.63) is 53.9 Å². The van der Waals surface area contributed by atoms with Crippen LogP contribution in [0.3, 0.4) is 0 Å². The zero-order chi connectivity index (χ0) is 25.2. The van der Waals surface area contributed by atoms with E-state index in [1.807, 2.05) is 55.1 Å². The van der Waals surface area contributed by atoms with Crippen molar-refractivity contribution in [1.29, 1.82) is 0 Å². The van der Waals surface area contributed by atoms with E-state index in [4.69, 9.17) is 4.74 Å². The highest BCUT2D eigenvalue weighted by Crippen LogP contribution is 2.19. The van der Waals surface area contributed by atoms with Crippen LogP contribution in [-0.4, -0.2) is 45.9 Å². The summed E-state index contributed by atoms with van der Waals surface area (Å²) in [5.41, 5.74) is 1.83. The fourth-order valence-corrected chi connectivity index (χ4v) is 4.11. The number of benzene rings is 1. The SMILES string of the molecule is CC(C)CC(NC(=O)OCc1ccccc1)C(=O)CC1CCCn2cc(cn2)CCNC(=O)C1=O. The van der Waals surface area contributed by atoms with Crippen molar-refractivity contribution in [2.24, 2.45) is 11.8 Å². The maximum atomic E-state index is 13.2. The molecule has 0 aliphatic carbocycles. The molecule has 0 saturated heterocycles. The minimum Gasteiger partial charge on any atom is -0.445 e. The fourth-order valence-electron chi connectivity index (χ4n) is 4.11. The maximum absolute atomic E-state index is 13.2. The van der Waals surface area contributed by atoms with E-state index in [1.54, 1.807) is 6.20 Å². The molecule has 2 bridgehead atoms. The molecule has 2 N–H and O–H groups in total. The number of carbonyl (C=O) groups is 4. The van der Waals surface area contributed by atoms with Gasteiger partial charge in [0, 0.05) is 31.6 Å². The maximum Gasteiger partial charge on any atom is 0.408 e. The molecule has 0 saturated carbocycles. The first kappa shape index (κ1) is 26.1. The molecular weight excluding hydrogens is 448 g/mol. The zero-order valence-electron chi connectivity index (χ0n) is 20.4. The van der Waals surface area contributed by atoms with Gasteiger partial charge in [0.25, 0.3) is 5.91 Å². The van der Waals surface area contributed by atoms with Crippen LogP contribution in [0.4, 0.5) is 4.79 Å². The normalized spacial score (nSPS) is 17.6. The first-order valence-electron chi connectivity index (χ1n) is 12.1. The summed E-state index contributed by atoms with van der Waals surface area (Å²) in [4.78, 5) is 50.9. The molecule has 2 heterocycles. The summed E-state index contributed by atoms with van der Waals surface area (Å²) < 4.78 is 7.10. The highest BCUT2D eigenvalue weighted by molar-refractivity contribution is 6.37. The molecule has 1 aliphatic heterocycles. The molecule has 0 fully saturated rings. The Balaban J connectivity index is 1.63. The Morgan fingerprint density at radius 3 is 2.74 bits per heavy atom. The predicted octanol–water partition coefficient (Wildman–Crippen LogP) is 2.82. The second kappa shape index (κ2) is 12.8. The molecule has 9 heteroatoms. The Labute approximate surface area is 205 Å². The van der Waals surface area contributed by atoms with Crippen LogP contribution in [0.5, 0.6) is 0 Å². The number of hydrogen-bond donors (Lipinski definition) is 2. The van der Waals surface area contributed by atoms with Crippen molar-refractivity contribution in [2.45, 2.75) is 65.1 Å². The Kier molecular flexibility index (Phi) is 9.57. The topological polar surface area (TPSA) is 119 Å². The van der Waals surface area contributed by atoms with Gasteiger partial charge in [0.05, 0.1) is 12.2 Å². The van der Waals surface area contributed by atoms with Gasteiger partial charge < -0.3 is 15.4 Å². The van der Waals surface area contributed by atoms with Gasteiger partial charge in [-0.2, -0.15) is 5.10 Å². The van der Waals surface area contributed by atoms with Crippen LogP contribution in [0, 0.1) is 11.8 Å². The number of hydrogen-bond acceptors (Lipinski definition) is 6. The first-order chi connectivity index (χ1) is 16.8.